The van der Waals surface area contributed by atoms with Crippen LogP contribution in [0.25, 0.3) is 0 Å². The summed E-state index contributed by atoms with van der Waals surface area (Å²) < 4.78 is 5.78. The third kappa shape index (κ3) is 6.31. The molecule has 152 valence electrons. The van der Waals surface area contributed by atoms with E-state index in [1.54, 1.807) is 30.5 Å². The second-order valence-electron chi connectivity index (χ2n) is 6.80. The number of hydrogen-bond acceptors (Lipinski definition) is 4. The lowest BCUT2D eigenvalue weighted by Gasteiger charge is -2.07. The fourth-order valence-electron chi connectivity index (χ4n) is 2.64. The zero-order valence-corrected chi connectivity index (χ0v) is 16.9. The van der Waals surface area contributed by atoms with E-state index < -0.39 is 0 Å². The standard InChI is InChI=1S/C24H23N3O3/c1-17-3-5-20(6-4-17)16-30-23-13-7-19(8-14-23)15-25-27-24(29)21-9-11-22(12-10-21)26-18(2)28/h3-15H,16H2,1-2H3,(H,26,28)(H,27,29). The van der Waals surface area contributed by atoms with Crippen LogP contribution in [0.5, 0.6) is 5.75 Å². The molecule has 3 aromatic carbocycles. The van der Waals surface area contributed by atoms with Crippen LogP contribution in [0.2, 0.25) is 0 Å². The summed E-state index contributed by atoms with van der Waals surface area (Å²) >= 11 is 0. The van der Waals surface area contributed by atoms with Gasteiger partial charge in [0.15, 0.2) is 0 Å². The number of hydrogen-bond donors (Lipinski definition) is 2. The highest BCUT2D eigenvalue weighted by Gasteiger charge is 2.04. The number of anilines is 1. The highest BCUT2D eigenvalue weighted by molar-refractivity contribution is 5.96. The van der Waals surface area contributed by atoms with E-state index in [2.05, 4.69) is 34.9 Å². The Labute approximate surface area is 175 Å². The number of rotatable bonds is 7. The van der Waals surface area contributed by atoms with Crippen molar-refractivity contribution < 1.29 is 14.3 Å². The van der Waals surface area contributed by atoms with Gasteiger partial charge in [0.2, 0.25) is 5.91 Å². The molecule has 30 heavy (non-hydrogen) atoms. The molecule has 0 spiro atoms. The number of carbonyl (C=O) groups is 2. The zero-order chi connectivity index (χ0) is 21.3. The predicted octanol–water partition coefficient (Wildman–Crippen LogP) is 4.30. The van der Waals surface area contributed by atoms with Crippen molar-refractivity contribution in [3.8, 4) is 5.75 Å². The van der Waals surface area contributed by atoms with Crippen molar-refractivity contribution in [2.75, 3.05) is 5.32 Å². The highest BCUT2D eigenvalue weighted by Crippen LogP contribution is 2.14. The summed E-state index contributed by atoms with van der Waals surface area (Å²) in [5.41, 5.74) is 6.72. The van der Waals surface area contributed by atoms with Crippen LogP contribution in [0.4, 0.5) is 5.69 Å². The second kappa shape index (κ2) is 10.0. The van der Waals surface area contributed by atoms with Crippen molar-refractivity contribution in [2.45, 2.75) is 20.5 Å². The maximum Gasteiger partial charge on any atom is 0.271 e. The summed E-state index contributed by atoms with van der Waals surface area (Å²) in [7, 11) is 0. The first-order chi connectivity index (χ1) is 14.5. The Morgan fingerprint density at radius 3 is 2.23 bits per heavy atom. The summed E-state index contributed by atoms with van der Waals surface area (Å²) in [6, 6.07) is 22.2. The number of hydrazone groups is 1. The van der Waals surface area contributed by atoms with Crippen LogP contribution < -0.4 is 15.5 Å². The van der Waals surface area contributed by atoms with Crippen LogP contribution in [-0.2, 0) is 11.4 Å². The van der Waals surface area contributed by atoms with E-state index in [4.69, 9.17) is 4.74 Å². The summed E-state index contributed by atoms with van der Waals surface area (Å²) in [5, 5.41) is 6.64. The number of aryl methyl sites for hydroxylation is 1. The van der Waals surface area contributed by atoms with Gasteiger partial charge in [-0.15, -0.1) is 0 Å². The van der Waals surface area contributed by atoms with E-state index in [0.717, 1.165) is 16.9 Å². The third-order valence-electron chi connectivity index (χ3n) is 4.25. The number of carbonyl (C=O) groups excluding carboxylic acids is 2. The average molecular weight is 401 g/mol. The van der Waals surface area contributed by atoms with E-state index >= 15 is 0 Å². The molecule has 6 heteroatoms. The minimum Gasteiger partial charge on any atom is -0.489 e. The van der Waals surface area contributed by atoms with E-state index in [-0.39, 0.29) is 11.8 Å². The number of amides is 2. The molecular formula is C24H23N3O3. The SMILES string of the molecule is CC(=O)Nc1ccc(C(=O)NN=Cc2ccc(OCc3ccc(C)cc3)cc2)cc1. The molecule has 0 atom stereocenters. The molecule has 6 nitrogen and oxygen atoms in total. The van der Waals surface area contributed by atoms with Gasteiger partial charge in [-0.25, -0.2) is 5.43 Å². The average Bonchev–Trinajstić information content (AvgIpc) is 2.74. The largest absolute Gasteiger partial charge is 0.489 e. The first-order valence-corrected chi connectivity index (χ1v) is 9.49. The van der Waals surface area contributed by atoms with Crippen LogP contribution in [0.15, 0.2) is 77.9 Å². The topological polar surface area (TPSA) is 79.8 Å². The summed E-state index contributed by atoms with van der Waals surface area (Å²) in [6.07, 6.45) is 1.56. The monoisotopic (exact) mass is 401 g/mol. The summed E-state index contributed by atoms with van der Waals surface area (Å²) in [4.78, 5) is 23.2. The molecular weight excluding hydrogens is 378 g/mol. The molecule has 0 heterocycles. The molecule has 0 unspecified atom stereocenters. The minimum atomic E-state index is -0.335. The smallest absolute Gasteiger partial charge is 0.271 e. The van der Waals surface area contributed by atoms with Gasteiger partial charge >= 0.3 is 0 Å². The Morgan fingerprint density at radius 1 is 0.933 bits per heavy atom. The van der Waals surface area contributed by atoms with Crippen LogP contribution in [0, 0.1) is 6.92 Å². The normalized spacial score (nSPS) is 10.6. The van der Waals surface area contributed by atoms with E-state index in [0.29, 0.717) is 17.9 Å². The van der Waals surface area contributed by atoms with E-state index in [9.17, 15) is 9.59 Å². The van der Waals surface area contributed by atoms with Crippen LogP contribution in [0.1, 0.15) is 34.0 Å². The van der Waals surface area contributed by atoms with Crippen molar-refractivity contribution in [2.24, 2.45) is 5.10 Å². The van der Waals surface area contributed by atoms with Gasteiger partial charge in [-0.05, 0) is 66.6 Å². The number of benzene rings is 3. The predicted molar refractivity (Wildman–Crippen MR) is 118 cm³/mol. The Balaban J connectivity index is 1.49. The van der Waals surface area contributed by atoms with Crippen molar-refractivity contribution in [3.63, 3.8) is 0 Å². The van der Waals surface area contributed by atoms with Gasteiger partial charge in [-0.2, -0.15) is 5.10 Å². The molecule has 0 aliphatic rings. The van der Waals surface area contributed by atoms with Gasteiger partial charge in [-0.3, -0.25) is 9.59 Å². The zero-order valence-electron chi connectivity index (χ0n) is 16.9. The maximum absolute atomic E-state index is 12.1. The van der Waals surface area contributed by atoms with Gasteiger partial charge in [0.1, 0.15) is 12.4 Å². The Kier molecular flexibility index (Phi) is 6.95. The van der Waals surface area contributed by atoms with Gasteiger partial charge in [0.05, 0.1) is 6.21 Å². The molecule has 3 rings (SSSR count). The number of ether oxygens (including phenoxy) is 1. The van der Waals surface area contributed by atoms with Crippen molar-refractivity contribution in [1.82, 2.24) is 5.43 Å². The molecule has 0 aliphatic heterocycles. The molecule has 0 saturated heterocycles. The molecule has 0 fully saturated rings. The lowest BCUT2D eigenvalue weighted by Crippen LogP contribution is -2.17. The van der Waals surface area contributed by atoms with Gasteiger partial charge in [0, 0.05) is 18.2 Å². The lowest BCUT2D eigenvalue weighted by molar-refractivity contribution is -0.114. The quantitative estimate of drug-likeness (QED) is 0.458. The van der Waals surface area contributed by atoms with Crippen LogP contribution in [0.3, 0.4) is 0 Å². The first kappa shape index (κ1) is 20.8. The summed E-state index contributed by atoms with van der Waals surface area (Å²) in [6.45, 7) is 3.99. The molecule has 0 saturated carbocycles. The molecule has 0 bridgehead atoms. The minimum absolute atomic E-state index is 0.164. The van der Waals surface area contributed by atoms with Crippen LogP contribution >= 0.6 is 0 Å². The number of nitrogens with one attached hydrogen (secondary N) is 2. The fraction of sp³-hybridized carbons (Fsp3) is 0.125. The molecule has 0 aliphatic carbocycles. The molecule has 0 aromatic heterocycles. The Morgan fingerprint density at radius 2 is 1.60 bits per heavy atom. The van der Waals surface area contributed by atoms with Gasteiger partial charge < -0.3 is 10.1 Å². The van der Waals surface area contributed by atoms with E-state index in [1.165, 1.54) is 12.5 Å². The van der Waals surface area contributed by atoms with E-state index in [1.807, 2.05) is 36.4 Å². The van der Waals surface area contributed by atoms with Gasteiger partial charge in [-0.1, -0.05) is 29.8 Å². The van der Waals surface area contributed by atoms with Crippen molar-refractivity contribution in [1.29, 1.82) is 0 Å². The molecule has 3 aromatic rings. The molecule has 0 radical (unpaired) electrons. The van der Waals surface area contributed by atoms with Crippen LogP contribution in [-0.4, -0.2) is 18.0 Å². The molecule has 2 amide bonds. The van der Waals surface area contributed by atoms with Crippen molar-refractivity contribution >= 4 is 23.7 Å². The van der Waals surface area contributed by atoms with Crippen molar-refractivity contribution in [3.05, 3.63) is 95.1 Å². The number of nitrogens with zero attached hydrogens (tertiary/aromatic N) is 1. The Bertz CT molecular complexity index is 1020. The molecule has 2 N–H and O–H groups in total. The lowest BCUT2D eigenvalue weighted by atomic mass is 10.2. The highest BCUT2D eigenvalue weighted by atomic mass is 16.5. The second-order valence-corrected chi connectivity index (χ2v) is 6.80. The Hall–Kier alpha value is -3.93. The third-order valence-corrected chi connectivity index (χ3v) is 4.25. The summed E-state index contributed by atoms with van der Waals surface area (Å²) in [5.74, 6) is 0.262. The van der Waals surface area contributed by atoms with Gasteiger partial charge in [0.25, 0.3) is 5.91 Å². The fourth-order valence-corrected chi connectivity index (χ4v) is 2.64. The maximum atomic E-state index is 12.1. The first-order valence-electron chi connectivity index (χ1n) is 9.49.